The summed E-state index contributed by atoms with van der Waals surface area (Å²) in [6, 6.07) is 9.62. The first-order chi connectivity index (χ1) is 15.0. The zero-order valence-electron chi connectivity index (χ0n) is 17.5. The number of rotatable bonds is 6. The molecule has 1 atom stereocenters. The van der Waals surface area contributed by atoms with E-state index in [1.165, 1.54) is 31.2 Å². The van der Waals surface area contributed by atoms with Gasteiger partial charge in [0.05, 0.1) is 24.8 Å². The van der Waals surface area contributed by atoms with E-state index >= 15 is 0 Å². The Hall–Kier alpha value is -3.04. The summed E-state index contributed by atoms with van der Waals surface area (Å²) in [7, 11) is 0. The Bertz CT molecular complexity index is 949. The fourth-order valence-electron chi connectivity index (χ4n) is 3.83. The molecule has 1 aromatic carbocycles. The van der Waals surface area contributed by atoms with E-state index in [0.29, 0.717) is 23.1 Å². The quantitative estimate of drug-likeness (QED) is 0.693. The third-order valence-electron chi connectivity index (χ3n) is 5.66. The van der Waals surface area contributed by atoms with Gasteiger partial charge in [-0.3, -0.25) is 9.69 Å². The number of halogens is 1. The van der Waals surface area contributed by atoms with Crippen LogP contribution in [0.2, 0.25) is 0 Å². The van der Waals surface area contributed by atoms with Crippen LogP contribution < -0.4 is 15.4 Å². The number of Topliss-reactive ketones (excluding diaryl/α,β-unsaturated/α-hetero) is 1. The van der Waals surface area contributed by atoms with Crippen LogP contribution in [0, 0.1) is 5.82 Å². The van der Waals surface area contributed by atoms with Crippen molar-refractivity contribution in [3.8, 4) is 5.88 Å². The molecule has 0 radical (unpaired) electrons. The van der Waals surface area contributed by atoms with Crippen molar-refractivity contribution in [2.45, 2.75) is 13.0 Å². The number of aromatic nitrogens is 2. The van der Waals surface area contributed by atoms with Gasteiger partial charge in [-0.25, -0.2) is 4.39 Å². The van der Waals surface area contributed by atoms with Gasteiger partial charge in [-0.1, -0.05) is 0 Å². The second kappa shape index (κ2) is 9.40. The monoisotopic (exact) mass is 427 g/mol. The molecule has 0 amide bonds. The Morgan fingerprint density at radius 3 is 2.71 bits per heavy atom. The number of carbonyl (C=O) groups excluding carboxylic acids is 1. The molecule has 2 N–H and O–H groups in total. The number of piperazine rings is 1. The molecule has 8 nitrogen and oxygen atoms in total. The maximum atomic E-state index is 13.2. The number of ether oxygens (including phenoxy) is 2. The molecular formula is C22H26FN5O3. The number of hydrogen-bond acceptors (Lipinski definition) is 8. The van der Waals surface area contributed by atoms with E-state index in [1.807, 2.05) is 6.07 Å². The van der Waals surface area contributed by atoms with Crippen molar-refractivity contribution < 1.29 is 18.7 Å². The first-order valence-electron chi connectivity index (χ1n) is 10.3. The van der Waals surface area contributed by atoms with Crippen molar-refractivity contribution in [2.75, 3.05) is 50.9 Å². The number of ketones is 1. The maximum Gasteiger partial charge on any atom is 0.233 e. The second-order valence-electron chi connectivity index (χ2n) is 7.68. The van der Waals surface area contributed by atoms with Gasteiger partial charge in [0.1, 0.15) is 12.4 Å². The zero-order chi connectivity index (χ0) is 21.8. The van der Waals surface area contributed by atoms with Crippen LogP contribution in [0.4, 0.5) is 10.2 Å². The number of carbonyl (C=O) groups is 1. The van der Waals surface area contributed by atoms with Crippen LogP contribution >= 0.6 is 0 Å². The summed E-state index contributed by atoms with van der Waals surface area (Å²) < 4.78 is 24.4. The van der Waals surface area contributed by atoms with E-state index in [4.69, 9.17) is 15.2 Å². The summed E-state index contributed by atoms with van der Waals surface area (Å²) in [6.45, 7) is 6.58. The highest BCUT2D eigenvalue weighted by atomic mass is 19.1. The molecule has 31 heavy (non-hydrogen) atoms. The van der Waals surface area contributed by atoms with E-state index in [1.54, 1.807) is 6.07 Å². The fraction of sp³-hybridized carbons (Fsp3) is 0.409. The van der Waals surface area contributed by atoms with Crippen LogP contribution in [-0.2, 0) is 9.53 Å². The topological polar surface area (TPSA) is 93.8 Å². The van der Waals surface area contributed by atoms with Crippen LogP contribution in [0.25, 0.3) is 5.70 Å². The lowest BCUT2D eigenvalue weighted by Gasteiger charge is -2.43. The van der Waals surface area contributed by atoms with Gasteiger partial charge in [-0.2, -0.15) is 0 Å². The predicted octanol–water partition coefficient (Wildman–Crippen LogP) is 1.47. The fourth-order valence-corrected chi connectivity index (χ4v) is 3.83. The highest BCUT2D eigenvalue weighted by molar-refractivity contribution is 6.00. The Morgan fingerprint density at radius 2 is 2.00 bits per heavy atom. The molecule has 3 heterocycles. The van der Waals surface area contributed by atoms with E-state index in [2.05, 4.69) is 20.0 Å². The van der Waals surface area contributed by atoms with E-state index in [9.17, 15) is 9.18 Å². The normalized spacial score (nSPS) is 20.1. The smallest absolute Gasteiger partial charge is 0.233 e. The minimum absolute atomic E-state index is 0.0509. The Balaban J connectivity index is 1.40. The molecule has 2 aromatic rings. The number of benzene rings is 1. The van der Waals surface area contributed by atoms with Gasteiger partial charge in [-0.15, -0.1) is 10.2 Å². The largest absolute Gasteiger partial charge is 0.472 e. The number of fused-ring (bicyclic) bond motifs is 1. The number of hydrogen-bond donors (Lipinski definition) is 1. The lowest BCUT2D eigenvalue weighted by atomic mass is 10.0. The van der Waals surface area contributed by atoms with Gasteiger partial charge in [0.2, 0.25) is 5.88 Å². The highest BCUT2D eigenvalue weighted by Crippen LogP contribution is 2.21. The molecule has 164 valence electrons. The molecule has 1 aromatic heterocycles. The van der Waals surface area contributed by atoms with Gasteiger partial charge >= 0.3 is 0 Å². The molecule has 9 heteroatoms. The minimum Gasteiger partial charge on any atom is -0.472 e. The van der Waals surface area contributed by atoms with Crippen molar-refractivity contribution in [2.24, 2.45) is 5.73 Å². The molecule has 0 bridgehead atoms. The van der Waals surface area contributed by atoms with Gasteiger partial charge < -0.3 is 20.1 Å². The third kappa shape index (κ3) is 5.00. The van der Waals surface area contributed by atoms with Gasteiger partial charge in [0.25, 0.3) is 0 Å². The summed E-state index contributed by atoms with van der Waals surface area (Å²) in [5.74, 6) is 0.490. The average Bonchev–Trinajstić information content (AvgIpc) is 2.79. The second-order valence-corrected chi connectivity index (χ2v) is 7.68. The minimum atomic E-state index is -0.370. The molecule has 0 aliphatic carbocycles. The summed E-state index contributed by atoms with van der Waals surface area (Å²) in [5, 5.41) is 8.44. The summed E-state index contributed by atoms with van der Waals surface area (Å²) in [5.41, 5.74) is 7.24. The number of morpholine rings is 1. The van der Waals surface area contributed by atoms with Crippen molar-refractivity contribution in [1.82, 2.24) is 15.1 Å². The van der Waals surface area contributed by atoms with Crippen LogP contribution in [0.15, 0.2) is 42.0 Å². The SMILES string of the molecule is CC(=O)/C(COc1ccc(N2CCN3CCOC[C@@H]3C2)nn1)=C(\N)c1ccc(F)cc1. The van der Waals surface area contributed by atoms with Crippen LogP contribution in [-0.4, -0.2) is 72.9 Å². The average molecular weight is 427 g/mol. The molecule has 2 aliphatic rings. The van der Waals surface area contributed by atoms with Crippen molar-refractivity contribution >= 4 is 17.3 Å². The highest BCUT2D eigenvalue weighted by Gasteiger charge is 2.30. The van der Waals surface area contributed by atoms with Crippen molar-refractivity contribution in [1.29, 1.82) is 0 Å². The molecule has 0 unspecified atom stereocenters. The summed E-state index contributed by atoms with van der Waals surface area (Å²) >= 11 is 0. The Labute approximate surface area is 180 Å². The van der Waals surface area contributed by atoms with Crippen molar-refractivity contribution in [3.63, 3.8) is 0 Å². The standard InChI is InChI=1S/C22H26FN5O3/c1-15(29)19(22(24)16-2-4-17(23)5-3-16)14-31-21-7-6-20(25-26-21)28-9-8-27-10-11-30-13-18(27)12-28/h2-7,18H,8-14,24H2,1H3/b22-19-/t18-/m0/s1. The van der Waals surface area contributed by atoms with Gasteiger partial charge in [-0.05, 0) is 42.8 Å². The number of anilines is 1. The van der Waals surface area contributed by atoms with Crippen LogP contribution in [0.1, 0.15) is 12.5 Å². The summed E-state index contributed by atoms with van der Waals surface area (Å²) in [6.07, 6.45) is 0. The first kappa shape index (κ1) is 21.2. The van der Waals surface area contributed by atoms with Gasteiger partial charge in [0.15, 0.2) is 11.6 Å². The van der Waals surface area contributed by atoms with E-state index < -0.39 is 0 Å². The molecule has 0 spiro atoms. The van der Waals surface area contributed by atoms with Crippen LogP contribution in [0.5, 0.6) is 5.88 Å². The molecule has 2 aliphatic heterocycles. The molecule has 2 saturated heterocycles. The zero-order valence-corrected chi connectivity index (χ0v) is 17.5. The maximum absolute atomic E-state index is 13.2. The third-order valence-corrected chi connectivity index (χ3v) is 5.66. The number of nitrogens with two attached hydrogens (primary N) is 1. The Morgan fingerprint density at radius 1 is 1.19 bits per heavy atom. The van der Waals surface area contributed by atoms with Crippen molar-refractivity contribution in [3.05, 3.63) is 53.4 Å². The molecule has 2 fully saturated rings. The predicted molar refractivity (Wildman–Crippen MR) is 114 cm³/mol. The summed E-state index contributed by atoms with van der Waals surface area (Å²) in [4.78, 5) is 16.7. The van der Waals surface area contributed by atoms with Crippen LogP contribution in [0.3, 0.4) is 0 Å². The lowest BCUT2D eigenvalue weighted by Crippen LogP contribution is -2.58. The van der Waals surface area contributed by atoms with E-state index in [0.717, 1.165) is 45.2 Å². The van der Waals surface area contributed by atoms with Gasteiger partial charge in [0, 0.05) is 37.9 Å². The lowest BCUT2D eigenvalue weighted by molar-refractivity contribution is -0.113. The molecule has 4 rings (SSSR count). The Kier molecular flexibility index (Phi) is 6.43. The number of nitrogens with zero attached hydrogens (tertiary/aromatic N) is 4. The first-order valence-corrected chi connectivity index (χ1v) is 10.3. The molecule has 0 saturated carbocycles. The molecular weight excluding hydrogens is 401 g/mol. The van der Waals surface area contributed by atoms with E-state index in [-0.39, 0.29) is 23.9 Å².